The van der Waals surface area contributed by atoms with E-state index in [1.54, 1.807) is 25.1 Å². The van der Waals surface area contributed by atoms with Crippen LogP contribution in [0.2, 0.25) is 0 Å². The molecule has 0 saturated carbocycles. The minimum atomic E-state index is -3.90. The molecule has 1 N–H and O–H groups in total. The zero-order valence-electron chi connectivity index (χ0n) is 15.8. The standard InChI is InChI=1S/C18H23N3O5S/c1-11-8-15(25-4)16(9-12(11)2)27(23,24)21-7-5-6-14(21)18(22)19-17-10-13(3)26-20-17/h8-10,14H,5-7H2,1-4H3,(H,19,20,22)/t14-/m0/s1. The lowest BCUT2D eigenvalue weighted by molar-refractivity contribution is -0.119. The van der Waals surface area contributed by atoms with Gasteiger partial charge < -0.3 is 14.6 Å². The number of amides is 1. The number of nitrogens with zero attached hydrogens (tertiary/aromatic N) is 2. The van der Waals surface area contributed by atoms with Gasteiger partial charge in [0, 0.05) is 12.6 Å². The number of methoxy groups -OCH3 is 1. The van der Waals surface area contributed by atoms with Crippen LogP contribution in [0.15, 0.2) is 27.6 Å². The largest absolute Gasteiger partial charge is 0.495 e. The van der Waals surface area contributed by atoms with Crippen molar-refractivity contribution in [1.29, 1.82) is 0 Å². The Kier molecular flexibility index (Phi) is 5.25. The maximum absolute atomic E-state index is 13.3. The monoisotopic (exact) mass is 393 g/mol. The van der Waals surface area contributed by atoms with E-state index in [-0.39, 0.29) is 23.0 Å². The Balaban J connectivity index is 1.91. The summed E-state index contributed by atoms with van der Waals surface area (Å²) in [5.74, 6) is 0.676. The number of anilines is 1. The lowest BCUT2D eigenvalue weighted by Crippen LogP contribution is -2.43. The smallest absolute Gasteiger partial charge is 0.247 e. The van der Waals surface area contributed by atoms with E-state index >= 15 is 0 Å². The SMILES string of the molecule is COc1cc(C)c(C)cc1S(=O)(=O)N1CCC[C@H]1C(=O)Nc1cc(C)on1. The van der Waals surface area contributed by atoms with Crippen LogP contribution in [0.5, 0.6) is 5.75 Å². The predicted octanol–water partition coefficient (Wildman–Crippen LogP) is 2.40. The molecular formula is C18H23N3O5S. The van der Waals surface area contributed by atoms with E-state index in [4.69, 9.17) is 9.26 Å². The maximum atomic E-state index is 13.3. The van der Waals surface area contributed by atoms with Gasteiger partial charge in [0.2, 0.25) is 15.9 Å². The Morgan fingerprint density at radius 1 is 1.26 bits per heavy atom. The second-order valence-electron chi connectivity index (χ2n) is 6.67. The van der Waals surface area contributed by atoms with Gasteiger partial charge in [-0.25, -0.2) is 8.42 Å². The number of hydrogen-bond acceptors (Lipinski definition) is 6. The minimum absolute atomic E-state index is 0.0741. The van der Waals surface area contributed by atoms with Gasteiger partial charge in [0.15, 0.2) is 5.82 Å². The van der Waals surface area contributed by atoms with Gasteiger partial charge in [-0.05, 0) is 56.9 Å². The summed E-state index contributed by atoms with van der Waals surface area (Å²) in [5, 5.41) is 6.35. The van der Waals surface area contributed by atoms with Crippen LogP contribution >= 0.6 is 0 Å². The van der Waals surface area contributed by atoms with Crippen LogP contribution in [0.3, 0.4) is 0 Å². The molecule has 1 aromatic heterocycles. The molecule has 1 saturated heterocycles. The van der Waals surface area contributed by atoms with E-state index in [0.717, 1.165) is 11.1 Å². The fraction of sp³-hybridized carbons (Fsp3) is 0.444. The first-order valence-corrected chi connectivity index (χ1v) is 10.1. The number of aryl methyl sites for hydroxylation is 3. The Hall–Kier alpha value is -2.39. The molecule has 0 aliphatic carbocycles. The third-order valence-electron chi connectivity index (χ3n) is 4.75. The first-order chi connectivity index (χ1) is 12.7. The Morgan fingerprint density at radius 2 is 1.96 bits per heavy atom. The highest BCUT2D eigenvalue weighted by molar-refractivity contribution is 7.89. The van der Waals surface area contributed by atoms with Crippen molar-refractivity contribution in [3.05, 3.63) is 35.1 Å². The van der Waals surface area contributed by atoms with Crippen LogP contribution in [0.1, 0.15) is 29.7 Å². The number of carbonyl (C=O) groups excluding carboxylic acids is 1. The Morgan fingerprint density at radius 3 is 2.59 bits per heavy atom. The quantitative estimate of drug-likeness (QED) is 0.837. The van der Waals surface area contributed by atoms with E-state index in [0.29, 0.717) is 18.6 Å². The average Bonchev–Trinajstić information content (AvgIpc) is 3.26. The lowest BCUT2D eigenvalue weighted by atomic mass is 10.1. The van der Waals surface area contributed by atoms with E-state index in [1.165, 1.54) is 11.4 Å². The fourth-order valence-electron chi connectivity index (χ4n) is 3.18. The number of carbonyl (C=O) groups is 1. The molecule has 3 rings (SSSR count). The van der Waals surface area contributed by atoms with Crippen LogP contribution in [0.25, 0.3) is 0 Å². The molecule has 27 heavy (non-hydrogen) atoms. The molecule has 2 heterocycles. The van der Waals surface area contributed by atoms with Crippen LogP contribution in [-0.4, -0.2) is 43.5 Å². The summed E-state index contributed by atoms with van der Waals surface area (Å²) in [6.07, 6.45) is 1.04. The minimum Gasteiger partial charge on any atom is -0.495 e. The molecule has 1 fully saturated rings. The van der Waals surface area contributed by atoms with Crippen LogP contribution in [0, 0.1) is 20.8 Å². The highest BCUT2D eigenvalue weighted by atomic mass is 32.2. The maximum Gasteiger partial charge on any atom is 0.247 e. The zero-order chi connectivity index (χ0) is 19.8. The number of benzene rings is 1. The first kappa shape index (κ1) is 19.4. The summed E-state index contributed by atoms with van der Waals surface area (Å²) >= 11 is 0. The van der Waals surface area contributed by atoms with Crippen molar-refractivity contribution in [3.8, 4) is 5.75 Å². The third kappa shape index (κ3) is 3.70. The summed E-state index contributed by atoms with van der Waals surface area (Å²) in [4.78, 5) is 12.7. The van der Waals surface area contributed by atoms with Crippen molar-refractivity contribution in [3.63, 3.8) is 0 Å². The lowest BCUT2D eigenvalue weighted by Gasteiger charge is -2.24. The predicted molar refractivity (Wildman–Crippen MR) is 99.3 cm³/mol. The number of hydrogen-bond donors (Lipinski definition) is 1. The van der Waals surface area contributed by atoms with Crippen molar-refractivity contribution in [2.45, 2.75) is 44.6 Å². The van der Waals surface area contributed by atoms with Gasteiger partial charge in [0.1, 0.15) is 22.4 Å². The van der Waals surface area contributed by atoms with Gasteiger partial charge in [-0.3, -0.25) is 4.79 Å². The van der Waals surface area contributed by atoms with Gasteiger partial charge in [0.05, 0.1) is 7.11 Å². The van der Waals surface area contributed by atoms with E-state index < -0.39 is 22.0 Å². The van der Waals surface area contributed by atoms with Crippen molar-refractivity contribution in [2.24, 2.45) is 0 Å². The van der Waals surface area contributed by atoms with Crippen LogP contribution in [-0.2, 0) is 14.8 Å². The van der Waals surface area contributed by atoms with E-state index in [1.807, 2.05) is 13.8 Å². The molecule has 0 unspecified atom stereocenters. The number of ether oxygens (including phenoxy) is 1. The molecule has 8 nitrogen and oxygen atoms in total. The molecule has 146 valence electrons. The molecule has 1 aliphatic rings. The molecule has 0 spiro atoms. The number of rotatable bonds is 5. The normalized spacial score (nSPS) is 17.9. The van der Waals surface area contributed by atoms with Crippen molar-refractivity contribution in [1.82, 2.24) is 9.46 Å². The van der Waals surface area contributed by atoms with Crippen molar-refractivity contribution in [2.75, 3.05) is 19.0 Å². The molecule has 2 aromatic rings. The molecule has 0 bridgehead atoms. The zero-order valence-corrected chi connectivity index (χ0v) is 16.6. The van der Waals surface area contributed by atoms with Crippen molar-refractivity contribution >= 4 is 21.7 Å². The van der Waals surface area contributed by atoms with Gasteiger partial charge >= 0.3 is 0 Å². The van der Waals surface area contributed by atoms with Gasteiger partial charge in [0.25, 0.3) is 0 Å². The Labute approximate surface area is 158 Å². The van der Waals surface area contributed by atoms with Crippen LogP contribution < -0.4 is 10.1 Å². The molecule has 1 atom stereocenters. The summed E-state index contributed by atoms with van der Waals surface area (Å²) in [6.45, 7) is 5.71. The van der Waals surface area contributed by atoms with E-state index in [9.17, 15) is 13.2 Å². The second-order valence-corrected chi connectivity index (χ2v) is 8.53. The molecule has 1 aliphatic heterocycles. The Bertz CT molecular complexity index is 967. The third-order valence-corrected chi connectivity index (χ3v) is 6.68. The van der Waals surface area contributed by atoms with E-state index in [2.05, 4.69) is 10.5 Å². The summed E-state index contributed by atoms with van der Waals surface area (Å²) in [5.41, 5.74) is 1.77. The average molecular weight is 393 g/mol. The molecule has 9 heteroatoms. The van der Waals surface area contributed by atoms with Gasteiger partial charge in [-0.2, -0.15) is 4.31 Å². The molecule has 1 aromatic carbocycles. The highest BCUT2D eigenvalue weighted by Crippen LogP contribution is 2.33. The molecule has 1 amide bonds. The van der Waals surface area contributed by atoms with Crippen molar-refractivity contribution < 1.29 is 22.5 Å². The summed E-state index contributed by atoms with van der Waals surface area (Å²) in [7, 11) is -2.46. The number of sulfonamides is 1. The molecule has 0 radical (unpaired) electrons. The highest BCUT2D eigenvalue weighted by Gasteiger charge is 2.41. The summed E-state index contributed by atoms with van der Waals surface area (Å²) < 4.78 is 38.0. The molecular weight excluding hydrogens is 370 g/mol. The number of aromatic nitrogens is 1. The van der Waals surface area contributed by atoms with Crippen LogP contribution in [0.4, 0.5) is 5.82 Å². The first-order valence-electron chi connectivity index (χ1n) is 8.65. The van der Waals surface area contributed by atoms with Gasteiger partial charge in [-0.15, -0.1) is 0 Å². The van der Waals surface area contributed by atoms with Gasteiger partial charge in [-0.1, -0.05) is 5.16 Å². The number of nitrogens with one attached hydrogen (secondary N) is 1. The second kappa shape index (κ2) is 7.32. The topological polar surface area (TPSA) is 102 Å². The summed E-state index contributed by atoms with van der Waals surface area (Å²) in [6, 6.07) is 4.07. The fourth-order valence-corrected chi connectivity index (χ4v) is 5.06.